The van der Waals surface area contributed by atoms with Crippen LogP contribution < -0.4 is 10.2 Å². The third kappa shape index (κ3) is 6.84. The topological polar surface area (TPSA) is 67.9 Å². The fraction of sp³-hybridized carbons (Fsp3) is 0.333. The molecule has 0 saturated heterocycles. The molecule has 27 heavy (non-hydrogen) atoms. The van der Waals surface area contributed by atoms with Crippen molar-refractivity contribution in [1.29, 1.82) is 0 Å². The van der Waals surface area contributed by atoms with Gasteiger partial charge in [0.25, 0.3) is 5.91 Å². The van der Waals surface area contributed by atoms with Crippen LogP contribution in [0.4, 0.5) is 5.69 Å². The number of methoxy groups -OCH3 is 2. The number of nitrogens with one attached hydrogen (secondary N) is 1. The number of carbonyl (C=O) groups is 2. The maximum atomic E-state index is 12.6. The van der Waals surface area contributed by atoms with Crippen molar-refractivity contribution < 1.29 is 19.1 Å². The zero-order valence-corrected chi connectivity index (χ0v) is 15.8. The van der Waals surface area contributed by atoms with Crippen LogP contribution in [-0.4, -0.2) is 45.8 Å². The van der Waals surface area contributed by atoms with E-state index in [2.05, 4.69) is 5.32 Å². The first-order valence-electron chi connectivity index (χ1n) is 8.82. The molecule has 0 radical (unpaired) electrons. The van der Waals surface area contributed by atoms with E-state index in [9.17, 15) is 9.59 Å². The van der Waals surface area contributed by atoms with Crippen LogP contribution in [0.2, 0.25) is 0 Å². The summed E-state index contributed by atoms with van der Waals surface area (Å²) in [6.45, 7) is 1.38. The second-order valence-electron chi connectivity index (χ2n) is 6.09. The highest BCUT2D eigenvalue weighted by molar-refractivity contribution is 5.94. The average Bonchev–Trinajstić information content (AvgIpc) is 2.67. The van der Waals surface area contributed by atoms with Crippen molar-refractivity contribution in [3.05, 3.63) is 65.7 Å². The quantitative estimate of drug-likeness (QED) is 0.651. The molecule has 0 aliphatic heterocycles. The summed E-state index contributed by atoms with van der Waals surface area (Å²) in [6, 6.07) is 17.2. The lowest BCUT2D eigenvalue weighted by atomic mass is 10.1. The number of ether oxygens (including phenoxy) is 2. The summed E-state index contributed by atoms with van der Waals surface area (Å²) in [7, 11) is 3.09. The van der Waals surface area contributed by atoms with E-state index < -0.39 is 0 Å². The predicted molar refractivity (Wildman–Crippen MR) is 105 cm³/mol. The number of rotatable bonds is 10. The zero-order chi connectivity index (χ0) is 19.5. The number of nitrogens with zero attached hydrogens (tertiary/aromatic N) is 1. The van der Waals surface area contributed by atoms with Gasteiger partial charge in [0.15, 0.2) is 0 Å². The molecule has 0 aliphatic rings. The molecule has 0 unspecified atom stereocenters. The van der Waals surface area contributed by atoms with Gasteiger partial charge in [-0.2, -0.15) is 0 Å². The van der Waals surface area contributed by atoms with Crippen molar-refractivity contribution in [1.82, 2.24) is 5.32 Å². The molecule has 2 aromatic rings. The van der Waals surface area contributed by atoms with Crippen molar-refractivity contribution in [2.24, 2.45) is 0 Å². The van der Waals surface area contributed by atoms with E-state index in [0.717, 1.165) is 16.8 Å². The molecule has 0 aliphatic carbocycles. The van der Waals surface area contributed by atoms with Gasteiger partial charge in [0.1, 0.15) is 6.61 Å². The summed E-state index contributed by atoms with van der Waals surface area (Å²) in [6.07, 6.45) is 0.245. The highest BCUT2D eigenvalue weighted by Crippen LogP contribution is 2.20. The first-order valence-corrected chi connectivity index (χ1v) is 8.82. The van der Waals surface area contributed by atoms with Crippen molar-refractivity contribution in [3.63, 3.8) is 0 Å². The molecule has 0 aromatic heterocycles. The van der Waals surface area contributed by atoms with Gasteiger partial charge in [0.2, 0.25) is 5.91 Å². The minimum Gasteiger partial charge on any atom is -0.383 e. The van der Waals surface area contributed by atoms with E-state index in [1.54, 1.807) is 12.0 Å². The zero-order valence-electron chi connectivity index (χ0n) is 15.8. The second-order valence-corrected chi connectivity index (χ2v) is 6.09. The van der Waals surface area contributed by atoms with E-state index in [1.807, 2.05) is 54.6 Å². The summed E-state index contributed by atoms with van der Waals surface area (Å²) in [5.74, 6) is -0.218. The predicted octanol–water partition coefficient (Wildman–Crippen LogP) is 2.17. The van der Waals surface area contributed by atoms with Crippen LogP contribution in [-0.2, 0) is 32.0 Å². The Morgan fingerprint density at radius 1 is 0.963 bits per heavy atom. The van der Waals surface area contributed by atoms with Gasteiger partial charge in [-0.3, -0.25) is 9.59 Å². The Hall–Kier alpha value is -2.70. The average molecular weight is 370 g/mol. The highest BCUT2D eigenvalue weighted by atomic mass is 16.5. The number of carbonyl (C=O) groups excluding carboxylic acids is 2. The molecule has 2 aromatic carbocycles. The lowest BCUT2D eigenvalue weighted by Crippen LogP contribution is -2.33. The molecule has 6 nitrogen and oxygen atoms in total. The molecular formula is C21H26N2O4. The van der Waals surface area contributed by atoms with Gasteiger partial charge in [-0.15, -0.1) is 0 Å². The first kappa shape index (κ1) is 20.6. The summed E-state index contributed by atoms with van der Waals surface area (Å²) in [5.41, 5.74) is 2.60. The van der Waals surface area contributed by atoms with Gasteiger partial charge in [0, 0.05) is 26.5 Å². The van der Waals surface area contributed by atoms with Gasteiger partial charge >= 0.3 is 0 Å². The minimum atomic E-state index is -0.136. The lowest BCUT2D eigenvalue weighted by molar-refractivity contribution is -0.122. The van der Waals surface area contributed by atoms with Crippen LogP contribution in [0.15, 0.2) is 54.6 Å². The van der Waals surface area contributed by atoms with E-state index >= 15 is 0 Å². The Kier molecular flexibility index (Phi) is 8.48. The minimum absolute atomic E-state index is 0.00539. The molecule has 0 spiro atoms. The SMILES string of the molecule is COCCNC(=O)Cc1cccc(N(Cc2ccccc2)C(=O)COC)c1. The summed E-state index contributed by atoms with van der Waals surface area (Å²) < 4.78 is 9.95. The number of anilines is 1. The third-order valence-corrected chi connectivity index (χ3v) is 3.97. The Balaban J connectivity index is 2.15. The number of hydrogen-bond donors (Lipinski definition) is 1. The summed E-state index contributed by atoms with van der Waals surface area (Å²) in [4.78, 5) is 26.3. The van der Waals surface area contributed by atoms with E-state index in [0.29, 0.717) is 19.7 Å². The fourth-order valence-corrected chi connectivity index (χ4v) is 2.67. The Morgan fingerprint density at radius 2 is 1.70 bits per heavy atom. The molecule has 0 fully saturated rings. The molecule has 144 valence electrons. The first-order chi connectivity index (χ1) is 13.1. The Labute approximate surface area is 160 Å². The van der Waals surface area contributed by atoms with Gasteiger partial charge < -0.3 is 19.7 Å². The maximum Gasteiger partial charge on any atom is 0.253 e. The van der Waals surface area contributed by atoms with Crippen LogP contribution in [0.1, 0.15) is 11.1 Å². The van der Waals surface area contributed by atoms with Gasteiger partial charge in [-0.05, 0) is 23.3 Å². The largest absolute Gasteiger partial charge is 0.383 e. The second kappa shape index (κ2) is 11.1. The van der Waals surface area contributed by atoms with Crippen molar-refractivity contribution in [3.8, 4) is 0 Å². The van der Waals surface area contributed by atoms with Gasteiger partial charge in [-0.25, -0.2) is 0 Å². The van der Waals surface area contributed by atoms with Crippen molar-refractivity contribution >= 4 is 17.5 Å². The van der Waals surface area contributed by atoms with Crippen LogP contribution >= 0.6 is 0 Å². The molecule has 0 bridgehead atoms. The standard InChI is InChI=1S/C21H26N2O4/c1-26-12-11-22-20(24)14-18-9-6-10-19(13-18)23(21(25)16-27-2)15-17-7-4-3-5-8-17/h3-10,13H,11-12,14-16H2,1-2H3,(H,22,24). The van der Waals surface area contributed by atoms with Crippen LogP contribution in [0.3, 0.4) is 0 Å². The number of amides is 2. The summed E-state index contributed by atoms with van der Waals surface area (Å²) in [5, 5.41) is 2.80. The van der Waals surface area contributed by atoms with Crippen LogP contribution in [0.25, 0.3) is 0 Å². The molecule has 0 heterocycles. The smallest absolute Gasteiger partial charge is 0.253 e. The highest BCUT2D eigenvalue weighted by Gasteiger charge is 2.17. The summed E-state index contributed by atoms with van der Waals surface area (Å²) >= 11 is 0. The molecular weight excluding hydrogens is 344 g/mol. The van der Waals surface area contributed by atoms with Crippen LogP contribution in [0, 0.1) is 0 Å². The molecule has 0 saturated carbocycles. The van der Waals surface area contributed by atoms with E-state index in [1.165, 1.54) is 7.11 Å². The lowest BCUT2D eigenvalue weighted by Gasteiger charge is -2.23. The van der Waals surface area contributed by atoms with Gasteiger partial charge in [-0.1, -0.05) is 42.5 Å². The van der Waals surface area contributed by atoms with Crippen LogP contribution in [0.5, 0.6) is 0 Å². The Bertz CT molecular complexity index is 734. The van der Waals surface area contributed by atoms with Gasteiger partial charge in [0.05, 0.1) is 19.6 Å². The molecule has 1 N–H and O–H groups in total. The van der Waals surface area contributed by atoms with E-state index in [4.69, 9.17) is 9.47 Å². The number of hydrogen-bond acceptors (Lipinski definition) is 4. The fourth-order valence-electron chi connectivity index (χ4n) is 2.67. The molecule has 2 rings (SSSR count). The molecule has 2 amide bonds. The molecule has 6 heteroatoms. The third-order valence-electron chi connectivity index (χ3n) is 3.97. The van der Waals surface area contributed by atoms with Crippen molar-refractivity contribution in [2.75, 3.05) is 38.9 Å². The Morgan fingerprint density at radius 3 is 2.41 bits per heavy atom. The molecule has 0 atom stereocenters. The monoisotopic (exact) mass is 370 g/mol. The van der Waals surface area contributed by atoms with Crippen molar-refractivity contribution in [2.45, 2.75) is 13.0 Å². The van der Waals surface area contributed by atoms with E-state index in [-0.39, 0.29) is 24.8 Å². The maximum absolute atomic E-state index is 12.6. The number of benzene rings is 2. The normalized spacial score (nSPS) is 10.4.